The maximum atomic E-state index is 5.87. The predicted molar refractivity (Wildman–Crippen MR) is 89.2 cm³/mol. The molecule has 0 spiro atoms. The molecule has 0 amide bonds. The van der Waals surface area contributed by atoms with E-state index in [4.69, 9.17) is 20.8 Å². The van der Waals surface area contributed by atoms with Crippen LogP contribution < -0.4 is 5.32 Å². The molecule has 1 N–H and O–H groups in total. The summed E-state index contributed by atoms with van der Waals surface area (Å²) in [5.74, 6) is 1.80. The van der Waals surface area contributed by atoms with E-state index < -0.39 is 0 Å². The number of hydrogen-bond acceptors (Lipinski definition) is 3. The Morgan fingerprint density at radius 1 is 1.14 bits per heavy atom. The number of benzene rings is 1. The van der Waals surface area contributed by atoms with Crippen molar-refractivity contribution in [2.45, 2.75) is 19.9 Å². The molecular weight excluding hydrogens is 309 g/mol. The van der Waals surface area contributed by atoms with Crippen molar-refractivity contribution in [3.63, 3.8) is 0 Å². The second kappa shape index (κ2) is 9.85. The summed E-state index contributed by atoms with van der Waals surface area (Å²) in [6.07, 6.45) is 1.01. The van der Waals surface area contributed by atoms with Gasteiger partial charge in [-0.15, -0.1) is 12.4 Å². The molecule has 0 aliphatic carbocycles. The molecule has 1 aromatic heterocycles. The Balaban J connectivity index is 0.00000220. The standard InChI is InChI=1S/C16H20ClNO2.ClH/c1-2-19-11-3-10-18-12-15-8-9-16(20-15)13-4-6-14(17)7-5-13;/h4-9,18H,2-3,10-12H2,1H3;1H. The van der Waals surface area contributed by atoms with Gasteiger partial charge in [-0.3, -0.25) is 0 Å². The first-order chi connectivity index (χ1) is 9.79. The number of rotatable bonds is 8. The average Bonchev–Trinajstić information content (AvgIpc) is 2.92. The maximum absolute atomic E-state index is 5.87. The molecule has 3 nitrogen and oxygen atoms in total. The van der Waals surface area contributed by atoms with Crippen molar-refractivity contribution in [2.75, 3.05) is 19.8 Å². The molecule has 0 saturated carbocycles. The van der Waals surface area contributed by atoms with Crippen molar-refractivity contribution in [3.05, 3.63) is 47.2 Å². The summed E-state index contributed by atoms with van der Waals surface area (Å²) in [6, 6.07) is 11.6. The maximum Gasteiger partial charge on any atom is 0.134 e. The number of hydrogen-bond donors (Lipinski definition) is 1. The summed E-state index contributed by atoms with van der Waals surface area (Å²) < 4.78 is 11.1. The minimum absolute atomic E-state index is 0. The van der Waals surface area contributed by atoms with Gasteiger partial charge in [0.05, 0.1) is 6.54 Å². The minimum Gasteiger partial charge on any atom is -0.460 e. The number of ether oxygens (including phenoxy) is 1. The number of halogens is 2. The van der Waals surface area contributed by atoms with Crippen LogP contribution in [-0.2, 0) is 11.3 Å². The van der Waals surface area contributed by atoms with Crippen LogP contribution in [0.3, 0.4) is 0 Å². The molecule has 2 aromatic rings. The fourth-order valence-corrected chi connectivity index (χ4v) is 2.02. The first-order valence-corrected chi connectivity index (χ1v) is 7.30. The lowest BCUT2D eigenvalue weighted by Crippen LogP contribution is -2.15. The van der Waals surface area contributed by atoms with Crippen molar-refractivity contribution < 1.29 is 9.15 Å². The van der Waals surface area contributed by atoms with Gasteiger partial charge in [-0.2, -0.15) is 0 Å². The van der Waals surface area contributed by atoms with Crippen molar-refractivity contribution in [2.24, 2.45) is 0 Å². The van der Waals surface area contributed by atoms with Crippen LogP contribution in [0.2, 0.25) is 5.02 Å². The van der Waals surface area contributed by atoms with Crippen LogP contribution in [0.1, 0.15) is 19.1 Å². The third kappa shape index (κ3) is 6.10. The first kappa shape index (κ1) is 18.1. The monoisotopic (exact) mass is 329 g/mol. The molecule has 0 bridgehead atoms. The van der Waals surface area contributed by atoms with Crippen LogP contribution in [0, 0.1) is 0 Å². The second-order valence-corrected chi connectivity index (χ2v) is 4.94. The van der Waals surface area contributed by atoms with Gasteiger partial charge in [0.1, 0.15) is 11.5 Å². The molecule has 2 rings (SSSR count). The zero-order valence-electron chi connectivity index (χ0n) is 12.1. The normalized spacial score (nSPS) is 10.4. The van der Waals surface area contributed by atoms with Gasteiger partial charge in [0.2, 0.25) is 0 Å². The summed E-state index contributed by atoms with van der Waals surface area (Å²) in [5, 5.41) is 4.07. The molecule has 0 aliphatic heterocycles. The third-order valence-electron chi connectivity index (χ3n) is 2.94. The summed E-state index contributed by atoms with van der Waals surface area (Å²) in [4.78, 5) is 0. The molecule has 0 saturated heterocycles. The number of nitrogens with one attached hydrogen (secondary N) is 1. The zero-order valence-corrected chi connectivity index (χ0v) is 13.7. The van der Waals surface area contributed by atoms with Crippen molar-refractivity contribution in [3.8, 4) is 11.3 Å². The molecule has 116 valence electrons. The highest BCUT2D eigenvalue weighted by atomic mass is 35.5. The van der Waals surface area contributed by atoms with Crippen LogP contribution in [-0.4, -0.2) is 19.8 Å². The first-order valence-electron chi connectivity index (χ1n) is 6.92. The van der Waals surface area contributed by atoms with Gasteiger partial charge in [0, 0.05) is 23.8 Å². The SMILES string of the molecule is CCOCCCNCc1ccc(-c2ccc(Cl)cc2)o1.Cl. The predicted octanol–water partition coefficient (Wildman–Crippen LogP) is 4.54. The van der Waals surface area contributed by atoms with Crippen LogP contribution in [0.4, 0.5) is 0 Å². The van der Waals surface area contributed by atoms with Crippen molar-refractivity contribution in [1.82, 2.24) is 5.32 Å². The highest BCUT2D eigenvalue weighted by molar-refractivity contribution is 6.30. The van der Waals surface area contributed by atoms with E-state index in [-0.39, 0.29) is 12.4 Å². The van der Waals surface area contributed by atoms with E-state index in [1.54, 1.807) is 0 Å². The van der Waals surface area contributed by atoms with E-state index in [2.05, 4.69) is 5.32 Å². The van der Waals surface area contributed by atoms with Gasteiger partial charge >= 0.3 is 0 Å². The van der Waals surface area contributed by atoms with E-state index >= 15 is 0 Å². The van der Waals surface area contributed by atoms with E-state index in [0.29, 0.717) is 0 Å². The Morgan fingerprint density at radius 2 is 1.90 bits per heavy atom. The van der Waals surface area contributed by atoms with Gasteiger partial charge < -0.3 is 14.5 Å². The van der Waals surface area contributed by atoms with Crippen LogP contribution in [0.5, 0.6) is 0 Å². The van der Waals surface area contributed by atoms with E-state index in [1.807, 2.05) is 43.3 Å². The lowest BCUT2D eigenvalue weighted by atomic mass is 10.2. The minimum atomic E-state index is 0. The van der Waals surface area contributed by atoms with Gasteiger partial charge in [0.25, 0.3) is 0 Å². The average molecular weight is 330 g/mol. The molecule has 0 radical (unpaired) electrons. The molecule has 21 heavy (non-hydrogen) atoms. The Bertz CT molecular complexity index is 511. The van der Waals surface area contributed by atoms with Crippen LogP contribution in [0.15, 0.2) is 40.8 Å². The van der Waals surface area contributed by atoms with Crippen LogP contribution in [0.25, 0.3) is 11.3 Å². The second-order valence-electron chi connectivity index (χ2n) is 4.50. The summed E-state index contributed by atoms with van der Waals surface area (Å²) in [7, 11) is 0. The van der Waals surface area contributed by atoms with Gasteiger partial charge in [-0.25, -0.2) is 0 Å². The van der Waals surface area contributed by atoms with Crippen LogP contribution >= 0.6 is 24.0 Å². The summed E-state index contributed by atoms with van der Waals surface area (Å²) >= 11 is 5.87. The summed E-state index contributed by atoms with van der Waals surface area (Å²) in [6.45, 7) is 5.26. The molecule has 0 aliphatic rings. The fourth-order valence-electron chi connectivity index (χ4n) is 1.90. The molecule has 1 aromatic carbocycles. The quantitative estimate of drug-likeness (QED) is 0.722. The van der Waals surface area contributed by atoms with Gasteiger partial charge in [-0.05, 0) is 56.3 Å². The van der Waals surface area contributed by atoms with Gasteiger partial charge in [-0.1, -0.05) is 11.6 Å². The Kier molecular flexibility index (Phi) is 8.47. The Hall–Kier alpha value is -1.00. The lowest BCUT2D eigenvalue weighted by molar-refractivity contribution is 0.144. The lowest BCUT2D eigenvalue weighted by Gasteiger charge is -2.03. The molecule has 0 fully saturated rings. The van der Waals surface area contributed by atoms with E-state index in [1.165, 1.54) is 0 Å². The highest BCUT2D eigenvalue weighted by Gasteiger charge is 2.04. The highest BCUT2D eigenvalue weighted by Crippen LogP contribution is 2.23. The molecular formula is C16H21Cl2NO2. The Labute approximate surface area is 137 Å². The molecule has 0 atom stereocenters. The molecule has 1 heterocycles. The number of furan rings is 1. The third-order valence-corrected chi connectivity index (χ3v) is 3.19. The smallest absolute Gasteiger partial charge is 0.134 e. The molecule has 5 heteroatoms. The fraction of sp³-hybridized carbons (Fsp3) is 0.375. The summed E-state index contributed by atoms with van der Waals surface area (Å²) in [5.41, 5.74) is 1.04. The largest absolute Gasteiger partial charge is 0.460 e. The van der Waals surface area contributed by atoms with Gasteiger partial charge in [0.15, 0.2) is 0 Å². The topological polar surface area (TPSA) is 34.4 Å². The Morgan fingerprint density at radius 3 is 2.62 bits per heavy atom. The van der Waals surface area contributed by atoms with E-state index in [0.717, 1.165) is 54.8 Å². The zero-order chi connectivity index (χ0) is 14.2. The van der Waals surface area contributed by atoms with Crippen molar-refractivity contribution in [1.29, 1.82) is 0 Å². The molecule has 0 unspecified atom stereocenters. The van der Waals surface area contributed by atoms with Crippen molar-refractivity contribution >= 4 is 24.0 Å². The van der Waals surface area contributed by atoms with E-state index in [9.17, 15) is 0 Å².